The molecular weight excluding hydrogens is 424 g/mol. The predicted molar refractivity (Wildman–Crippen MR) is 140 cm³/mol. The van der Waals surface area contributed by atoms with Crippen molar-refractivity contribution in [1.82, 2.24) is 9.88 Å². The van der Waals surface area contributed by atoms with Crippen molar-refractivity contribution in [2.75, 3.05) is 19.6 Å². The molecule has 1 fully saturated rings. The summed E-state index contributed by atoms with van der Waals surface area (Å²) >= 11 is 1.85. The number of fused-ring (bicyclic) bond motifs is 1. The molecule has 174 valence electrons. The molecule has 1 aliphatic carbocycles. The molecule has 1 aromatic carbocycles. The summed E-state index contributed by atoms with van der Waals surface area (Å²) < 4.78 is 1.41. The molecule has 0 radical (unpaired) electrons. The molecule has 2 aliphatic rings. The third-order valence-electron chi connectivity index (χ3n) is 8.06. The van der Waals surface area contributed by atoms with E-state index >= 15 is 0 Å². The zero-order valence-electron chi connectivity index (χ0n) is 19.7. The summed E-state index contributed by atoms with van der Waals surface area (Å²) in [6, 6.07) is 15.0. The second kappa shape index (κ2) is 10.1. The quantitative estimate of drug-likeness (QED) is 0.427. The molecule has 3 heterocycles. The lowest BCUT2D eigenvalue weighted by molar-refractivity contribution is 0.00995. The number of benzene rings is 1. The van der Waals surface area contributed by atoms with E-state index in [2.05, 4.69) is 59.7 Å². The van der Waals surface area contributed by atoms with E-state index in [9.17, 15) is 5.11 Å². The van der Waals surface area contributed by atoms with Gasteiger partial charge in [-0.25, -0.2) is 0 Å². The Balaban J connectivity index is 1.29. The Labute approximate surface area is 202 Å². The van der Waals surface area contributed by atoms with Crippen LogP contribution in [0.4, 0.5) is 0 Å². The first-order valence-electron chi connectivity index (χ1n) is 12.6. The molecule has 1 N–H and O–H groups in total. The van der Waals surface area contributed by atoms with Crippen LogP contribution < -0.4 is 0 Å². The van der Waals surface area contributed by atoms with Crippen LogP contribution in [0.1, 0.15) is 63.1 Å². The molecule has 0 amide bonds. The van der Waals surface area contributed by atoms with Gasteiger partial charge in [-0.05, 0) is 78.2 Å². The van der Waals surface area contributed by atoms with Gasteiger partial charge in [0.05, 0.1) is 6.10 Å². The van der Waals surface area contributed by atoms with Gasteiger partial charge in [-0.3, -0.25) is 9.88 Å². The highest BCUT2D eigenvalue weighted by molar-refractivity contribution is 7.17. The molecule has 3 aromatic rings. The Morgan fingerprint density at radius 2 is 2.00 bits per heavy atom. The van der Waals surface area contributed by atoms with Crippen molar-refractivity contribution in [3.63, 3.8) is 0 Å². The van der Waals surface area contributed by atoms with E-state index < -0.39 is 0 Å². The molecule has 3 nitrogen and oxygen atoms in total. The van der Waals surface area contributed by atoms with Gasteiger partial charge in [0.15, 0.2) is 0 Å². The van der Waals surface area contributed by atoms with Crippen LogP contribution in [-0.4, -0.2) is 40.7 Å². The van der Waals surface area contributed by atoms with Gasteiger partial charge in [0.2, 0.25) is 0 Å². The molecule has 33 heavy (non-hydrogen) atoms. The Morgan fingerprint density at radius 3 is 2.76 bits per heavy atom. The Kier molecular flexibility index (Phi) is 6.96. The maximum Gasteiger partial charge on any atom is 0.0677 e. The first-order valence-corrected chi connectivity index (χ1v) is 13.5. The highest BCUT2D eigenvalue weighted by Gasteiger charge is 2.41. The number of aromatic nitrogens is 1. The molecule has 1 aliphatic heterocycles. The van der Waals surface area contributed by atoms with E-state index in [0.717, 1.165) is 51.0 Å². The summed E-state index contributed by atoms with van der Waals surface area (Å²) in [4.78, 5) is 7.27. The van der Waals surface area contributed by atoms with Gasteiger partial charge in [-0.15, -0.1) is 11.3 Å². The number of aliphatic hydroxyl groups is 1. The van der Waals surface area contributed by atoms with Crippen LogP contribution >= 0.6 is 11.3 Å². The van der Waals surface area contributed by atoms with Crippen LogP contribution in [0.5, 0.6) is 0 Å². The molecule has 0 saturated heterocycles. The summed E-state index contributed by atoms with van der Waals surface area (Å²) in [5, 5.41) is 15.1. The lowest BCUT2D eigenvalue weighted by atomic mass is 9.69. The fraction of sp³-hybridized carbons (Fsp3) is 0.483. The van der Waals surface area contributed by atoms with Crippen LogP contribution in [-0.2, 0) is 5.41 Å². The zero-order valence-corrected chi connectivity index (χ0v) is 20.6. The molecule has 2 unspecified atom stereocenters. The average molecular weight is 461 g/mol. The van der Waals surface area contributed by atoms with E-state index in [1.807, 2.05) is 23.6 Å². The molecule has 1 saturated carbocycles. The van der Waals surface area contributed by atoms with Crippen LogP contribution in [0.3, 0.4) is 0 Å². The molecule has 0 bridgehead atoms. The van der Waals surface area contributed by atoms with Crippen molar-refractivity contribution >= 4 is 27.0 Å². The number of thiophene rings is 1. The van der Waals surface area contributed by atoms with Crippen LogP contribution in [0, 0.1) is 5.92 Å². The lowest BCUT2D eigenvalue weighted by Crippen LogP contribution is -2.45. The van der Waals surface area contributed by atoms with Crippen molar-refractivity contribution in [3.8, 4) is 0 Å². The highest BCUT2D eigenvalue weighted by atomic mass is 32.1. The zero-order chi connectivity index (χ0) is 22.7. The molecule has 4 heteroatoms. The van der Waals surface area contributed by atoms with E-state index in [-0.39, 0.29) is 11.5 Å². The maximum absolute atomic E-state index is 11.6. The van der Waals surface area contributed by atoms with E-state index in [4.69, 9.17) is 4.98 Å². The van der Waals surface area contributed by atoms with Crippen molar-refractivity contribution in [3.05, 3.63) is 71.4 Å². The number of pyridine rings is 1. The number of rotatable bonds is 7. The SMILES string of the molecule is CC(CCN1CC=C(c2cccc3ccsc23)CC1)(c1ccccn1)C(O)C1CCCCC1. The van der Waals surface area contributed by atoms with Gasteiger partial charge < -0.3 is 5.11 Å². The van der Waals surface area contributed by atoms with Crippen molar-refractivity contribution in [1.29, 1.82) is 0 Å². The number of nitrogens with zero attached hydrogens (tertiary/aromatic N) is 2. The topological polar surface area (TPSA) is 36.4 Å². The van der Waals surface area contributed by atoms with Crippen molar-refractivity contribution < 1.29 is 5.11 Å². The Bertz CT molecular complexity index is 1090. The number of aliphatic hydroxyl groups excluding tert-OH is 1. The smallest absolute Gasteiger partial charge is 0.0677 e. The first kappa shape index (κ1) is 22.8. The lowest BCUT2D eigenvalue weighted by Gasteiger charge is -2.41. The van der Waals surface area contributed by atoms with Crippen molar-refractivity contribution in [2.45, 2.75) is 63.4 Å². The summed E-state index contributed by atoms with van der Waals surface area (Å²) in [6.45, 7) is 5.29. The van der Waals surface area contributed by atoms with Gasteiger partial charge in [-0.1, -0.05) is 56.5 Å². The van der Waals surface area contributed by atoms with Crippen LogP contribution in [0.2, 0.25) is 0 Å². The second-order valence-electron chi connectivity index (χ2n) is 10.1. The van der Waals surface area contributed by atoms with Crippen LogP contribution in [0.25, 0.3) is 15.7 Å². The largest absolute Gasteiger partial charge is 0.392 e. The van der Waals surface area contributed by atoms with E-state index in [0.29, 0.717) is 5.92 Å². The van der Waals surface area contributed by atoms with E-state index in [1.165, 1.54) is 40.5 Å². The Hall–Kier alpha value is -2.01. The van der Waals surface area contributed by atoms with Gasteiger partial charge >= 0.3 is 0 Å². The predicted octanol–water partition coefficient (Wildman–Crippen LogP) is 6.67. The third kappa shape index (κ3) is 4.80. The maximum atomic E-state index is 11.6. The summed E-state index contributed by atoms with van der Waals surface area (Å²) in [5.41, 5.74) is 3.62. The number of hydrogen-bond donors (Lipinski definition) is 1. The van der Waals surface area contributed by atoms with Crippen LogP contribution in [0.15, 0.2) is 60.1 Å². The standard InChI is InChI=1S/C29H36N2OS/c1-29(26-12-5-6-17-30-26,28(32)24-8-3-2-4-9-24)16-20-31-18-13-22(14-19-31)25-11-7-10-23-15-21-33-27(23)25/h5-7,10-13,15,17,21,24,28,32H,2-4,8-9,14,16,18-20H2,1H3. The second-order valence-corrected chi connectivity index (χ2v) is 11.1. The number of hydrogen-bond acceptors (Lipinski definition) is 4. The molecular formula is C29H36N2OS. The molecule has 2 atom stereocenters. The fourth-order valence-corrected chi connectivity index (χ4v) is 6.84. The third-order valence-corrected chi connectivity index (χ3v) is 9.03. The van der Waals surface area contributed by atoms with E-state index in [1.54, 1.807) is 0 Å². The average Bonchev–Trinajstić information content (AvgIpc) is 3.37. The molecule has 0 spiro atoms. The Morgan fingerprint density at radius 1 is 1.12 bits per heavy atom. The fourth-order valence-electron chi connectivity index (χ4n) is 5.89. The summed E-state index contributed by atoms with van der Waals surface area (Å²) in [5.74, 6) is 0.393. The van der Waals surface area contributed by atoms with Gasteiger partial charge in [0.25, 0.3) is 0 Å². The van der Waals surface area contributed by atoms with Gasteiger partial charge in [0, 0.05) is 35.1 Å². The minimum absolute atomic E-state index is 0.310. The first-order chi connectivity index (χ1) is 16.1. The van der Waals surface area contributed by atoms with Crippen molar-refractivity contribution in [2.24, 2.45) is 5.92 Å². The van der Waals surface area contributed by atoms with Gasteiger partial charge in [0.1, 0.15) is 0 Å². The molecule has 5 rings (SSSR count). The minimum atomic E-state index is -0.333. The van der Waals surface area contributed by atoms with Gasteiger partial charge in [-0.2, -0.15) is 0 Å². The highest BCUT2D eigenvalue weighted by Crippen LogP contribution is 2.39. The minimum Gasteiger partial charge on any atom is -0.392 e. The summed E-state index contributed by atoms with van der Waals surface area (Å²) in [7, 11) is 0. The molecule has 2 aromatic heterocycles. The summed E-state index contributed by atoms with van der Waals surface area (Å²) in [6.07, 6.45) is 12.1. The monoisotopic (exact) mass is 460 g/mol. The normalized spacial score (nSPS) is 21.0.